The van der Waals surface area contributed by atoms with Gasteiger partial charge < -0.3 is 14.6 Å². The van der Waals surface area contributed by atoms with Gasteiger partial charge in [0, 0.05) is 45.3 Å². The second-order valence-electron chi connectivity index (χ2n) is 7.98. The molecule has 2 N–H and O–H groups in total. The highest BCUT2D eigenvalue weighted by molar-refractivity contribution is 7.80. The van der Waals surface area contributed by atoms with Crippen molar-refractivity contribution in [3.05, 3.63) is 81.1 Å². The Kier molecular flexibility index (Phi) is 6.68. The van der Waals surface area contributed by atoms with E-state index in [-0.39, 0.29) is 11.6 Å². The molecule has 1 fully saturated rings. The first-order chi connectivity index (χ1) is 16.4. The van der Waals surface area contributed by atoms with Crippen molar-refractivity contribution in [1.82, 2.24) is 9.97 Å². The zero-order valence-electron chi connectivity index (χ0n) is 17.7. The summed E-state index contributed by atoms with van der Waals surface area (Å²) in [6.07, 6.45) is 2.92. The van der Waals surface area contributed by atoms with Crippen molar-refractivity contribution in [1.29, 1.82) is 0 Å². The monoisotopic (exact) mass is 517 g/mol. The summed E-state index contributed by atoms with van der Waals surface area (Å²) in [5.74, 6) is -0.743. The van der Waals surface area contributed by atoms with Gasteiger partial charge in [0.25, 0.3) is 0 Å². The molecule has 2 aromatic carbocycles. The molecule has 176 valence electrons. The Morgan fingerprint density at radius 3 is 2.59 bits per heavy atom. The topological polar surface area (TPSA) is 90.0 Å². The summed E-state index contributed by atoms with van der Waals surface area (Å²) in [4.78, 5) is 9.37. The minimum atomic E-state index is -2.38. The molecule has 11 heteroatoms. The number of hydrogen-bond acceptors (Lipinski definition) is 7. The first-order valence-corrected chi connectivity index (χ1v) is 13.4. The second kappa shape index (κ2) is 9.87. The van der Waals surface area contributed by atoms with Crippen molar-refractivity contribution in [2.24, 2.45) is 0 Å². The molecule has 1 aliphatic carbocycles. The smallest absolute Gasteiger partial charge is 0.183 e. The largest absolute Gasteiger partial charge is 0.755 e. The fourth-order valence-electron chi connectivity index (χ4n) is 3.56. The molecule has 1 unspecified atom stereocenters. The highest BCUT2D eigenvalue weighted by Gasteiger charge is 2.28. The Balaban J connectivity index is 1.38. The quantitative estimate of drug-likeness (QED) is 0.265. The van der Waals surface area contributed by atoms with E-state index >= 15 is 0 Å². The van der Waals surface area contributed by atoms with Gasteiger partial charge in [0.2, 0.25) is 0 Å². The van der Waals surface area contributed by atoms with E-state index in [1.807, 2.05) is 12.1 Å². The molecule has 4 aromatic rings. The van der Waals surface area contributed by atoms with Crippen LogP contribution in [0.2, 0.25) is 0 Å². The van der Waals surface area contributed by atoms with Crippen molar-refractivity contribution in [2.45, 2.75) is 31.2 Å². The summed E-state index contributed by atoms with van der Waals surface area (Å²) in [7, 11) is 0. The van der Waals surface area contributed by atoms with Crippen molar-refractivity contribution in [2.75, 3.05) is 10.0 Å². The highest BCUT2D eigenvalue weighted by Crippen LogP contribution is 2.42. The molecule has 0 aliphatic heterocycles. The predicted octanol–water partition coefficient (Wildman–Crippen LogP) is 6.02. The zero-order valence-corrected chi connectivity index (χ0v) is 20.1. The number of nitrogens with zero attached hydrogens (tertiary/aromatic N) is 2. The first-order valence-electron chi connectivity index (χ1n) is 10.5. The molecule has 1 aliphatic rings. The number of nitrogens with one attached hydrogen (secondary N) is 2. The second-order valence-corrected chi connectivity index (χ2v) is 10.4. The van der Waals surface area contributed by atoms with Crippen LogP contribution in [0.4, 0.5) is 19.6 Å². The molecule has 2 atom stereocenters. The molecule has 34 heavy (non-hydrogen) atoms. The van der Waals surface area contributed by atoms with Crippen LogP contribution in [0.25, 0.3) is 11.3 Å². The highest BCUT2D eigenvalue weighted by atomic mass is 32.2. The third-order valence-corrected chi connectivity index (χ3v) is 7.63. The molecular weight excluding hydrogens is 498 g/mol. The first kappa shape index (κ1) is 23.0. The summed E-state index contributed by atoms with van der Waals surface area (Å²) < 4.78 is 51.5. The van der Waals surface area contributed by atoms with Gasteiger partial charge in [-0.3, -0.25) is 4.21 Å². The lowest BCUT2D eigenvalue weighted by Crippen LogP contribution is -2.14. The fourth-order valence-corrected chi connectivity index (χ4v) is 5.70. The maximum absolute atomic E-state index is 14.2. The molecular formula is C23H19F2N4O2S3-. The van der Waals surface area contributed by atoms with Crippen LogP contribution in [0.15, 0.2) is 53.2 Å². The molecule has 0 saturated heterocycles. The molecule has 0 bridgehead atoms. The number of halogens is 2. The maximum atomic E-state index is 14.2. The number of aromatic nitrogens is 2. The molecule has 1 saturated carbocycles. The van der Waals surface area contributed by atoms with E-state index in [2.05, 4.69) is 20.4 Å². The standard InChI is InChI=1S/C23H20F2N4O2S3/c24-15-5-8-17(18(25)10-15)20-11-33-23(28-20)27-19(21-12-32-22(26-21)14-3-4-14)9-13-1-6-16(7-2-13)29-34(30)31/h1-2,5-8,10-12,14,19,29H,3-4,9H2,(H,27,28)(H,30,31)/p-1/t19-/m0/s1. The van der Waals surface area contributed by atoms with Crippen LogP contribution in [-0.4, -0.2) is 18.7 Å². The van der Waals surface area contributed by atoms with Gasteiger partial charge in [0.05, 0.1) is 22.4 Å². The molecule has 0 radical (unpaired) electrons. The number of hydrogen-bond donors (Lipinski definition) is 2. The lowest BCUT2D eigenvalue weighted by atomic mass is 10.0. The normalized spacial score (nSPS) is 15.1. The van der Waals surface area contributed by atoms with Gasteiger partial charge in [0.1, 0.15) is 11.6 Å². The summed E-state index contributed by atoms with van der Waals surface area (Å²) in [6, 6.07) is 10.4. The van der Waals surface area contributed by atoms with E-state index in [1.54, 1.807) is 28.8 Å². The molecule has 0 spiro atoms. The van der Waals surface area contributed by atoms with Gasteiger partial charge in [-0.15, -0.1) is 22.7 Å². The van der Waals surface area contributed by atoms with Gasteiger partial charge in [-0.1, -0.05) is 12.1 Å². The molecule has 2 aromatic heterocycles. The third kappa shape index (κ3) is 5.49. The number of rotatable bonds is 9. The van der Waals surface area contributed by atoms with Crippen molar-refractivity contribution >= 4 is 44.8 Å². The number of thiazole rings is 2. The minimum Gasteiger partial charge on any atom is -0.755 e. The van der Waals surface area contributed by atoms with Gasteiger partial charge in [0.15, 0.2) is 5.13 Å². The molecule has 5 rings (SSSR count). The van der Waals surface area contributed by atoms with Gasteiger partial charge in [-0.2, -0.15) is 0 Å². The Morgan fingerprint density at radius 2 is 1.88 bits per heavy atom. The summed E-state index contributed by atoms with van der Waals surface area (Å²) >= 11 is 0.614. The lowest BCUT2D eigenvalue weighted by Gasteiger charge is -2.17. The van der Waals surface area contributed by atoms with Crippen LogP contribution in [-0.2, 0) is 17.7 Å². The maximum Gasteiger partial charge on any atom is 0.183 e. The van der Waals surface area contributed by atoms with Crippen LogP contribution in [0.3, 0.4) is 0 Å². The van der Waals surface area contributed by atoms with Crippen molar-refractivity contribution < 1.29 is 17.5 Å². The SMILES string of the molecule is O=S([O-])Nc1ccc(C[C@H](Nc2nc(-c3ccc(F)cc3F)cs2)c2csc(C3CC3)n2)cc1. The van der Waals surface area contributed by atoms with E-state index < -0.39 is 22.9 Å². The molecule has 2 heterocycles. The minimum absolute atomic E-state index is 0.187. The van der Waals surface area contributed by atoms with Crippen LogP contribution in [0.5, 0.6) is 0 Å². The van der Waals surface area contributed by atoms with E-state index in [0.717, 1.165) is 22.3 Å². The van der Waals surface area contributed by atoms with Gasteiger partial charge in [-0.25, -0.2) is 18.7 Å². The van der Waals surface area contributed by atoms with E-state index in [4.69, 9.17) is 4.98 Å². The molecule has 6 nitrogen and oxygen atoms in total. The Hall–Kier alpha value is -2.73. The zero-order chi connectivity index (χ0) is 23.7. The Bertz CT molecular complexity index is 1320. The average molecular weight is 518 g/mol. The van der Waals surface area contributed by atoms with Gasteiger partial charge in [-0.05, 0) is 49.1 Å². The number of benzene rings is 2. The third-order valence-electron chi connectivity index (χ3n) is 5.43. The van der Waals surface area contributed by atoms with E-state index in [1.165, 1.54) is 36.3 Å². The number of anilines is 2. The average Bonchev–Trinajstić information content (AvgIpc) is 3.34. The van der Waals surface area contributed by atoms with Crippen LogP contribution >= 0.6 is 22.7 Å². The molecule has 0 amide bonds. The van der Waals surface area contributed by atoms with Crippen LogP contribution in [0, 0.1) is 11.6 Å². The Morgan fingerprint density at radius 1 is 1.09 bits per heavy atom. The predicted molar refractivity (Wildman–Crippen MR) is 131 cm³/mol. The lowest BCUT2D eigenvalue weighted by molar-refractivity contribution is 0.542. The summed E-state index contributed by atoms with van der Waals surface area (Å²) in [5, 5.41) is 8.94. The van der Waals surface area contributed by atoms with E-state index in [9.17, 15) is 17.5 Å². The van der Waals surface area contributed by atoms with Crippen molar-refractivity contribution in [3.8, 4) is 11.3 Å². The summed E-state index contributed by atoms with van der Waals surface area (Å²) in [5.41, 5.74) is 3.05. The summed E-state index contributed by atoms with van der Waals surface area (Å²) in [6.45, 7) is 0. The van der Waals surface area contributed by atoms with E-state index in [0.29, 0.717) is 28.9 Å². The van der Waals surface area contributed by atoms with Crippen molar-refractivity contribution in [3.63, 3.8) is 0 Å². The van der Waals surface area contributed by atoms with Gasteiger partial charge >= 0.3 is 0 Å². The fraction of sp³-hybridized carbons (Fsp3) is 0.217. The van der Waals surface area contributed by atoms with Crippen LogP contribution in [0.1, 0.15) is 41.1 Å². The van der Waals surface area contributed by atoms with Crippen LogP contribution < -0.4 is 10.0 Å². The Labute approximate surface area is 205 Å².